The Kier molecular flexibility index (Phi) is 4.41. The summed E-state index contributed by atoms with van der Waals surface area (Å²) in [6.45, 7) is 0.480. The first-order valence-corrected chi connectivity index (χ1v) is 7.49. The van der Waals surface area contributed by atoms with Crippen molar-refractivity contribution in [1.29, 1.82) is 0 Å². The molecule has 0 radical (unpaired) electrons. The van der Waals surface area contributed by atoms with Crippen molar-refractivity contribution in [2.45, 2.75) is 12.6 Å². The van der Waals surface area contributed by atoms with Crippen molar-refractivity contribution in [3.63, 3.8) is 0 Å². The lowest BCUT2D eigenvalue weighted by Crippen LogP contribution is -2.43. The van der Waals surface area contributed by atoms with Gasteiger partial charge in [-0.25, -0.2) is 0 Å². The van der Waals surface area contributed by atoms with Gasteiger partial charge in [-0.05, 0) is 29.8 Å². The zero-order valence-electron chi connectivity index (χ0n) is 11.5. The van der Waals surface area contributed by atoms with Crippen LogP contribution in [-0.2, 0) is 11.3 Å². The summed E-state index contributed by atoms with van der Waals surface area (Å²) < 4.78 is 11.2. The van der Waals surface area contributed by atoms with E-state index in [-0.39, 0.29) is 12.5 Å². The Morgan fingerprint density at radius 2 is 1.95 bits per heavy atom. The number of carbonyl (C=O) groups excluding carboxylic acids is 1. The van der Waals surface area contributed by atoms with Gasteiger partial charge in [-0.2, -0.15) is 0 Å². The molecule has 22 heavy (non-hydrogen) atoms. The van der Waals surface area contributed by atoms with Crippen LogP contribution in [0.25, 0.3) is 0 Å². The van der Waals surface area contributed by atoms with Gasteiger partial charge in [-0.3, -0.25) is 4.79 Å². The van der Waals surface area contributed by atoms with Gasteiger partial charge in [0.1, 0.15) is 6.61 Å². The van der Waals surface area contributed by atoms with E-state index in [2.05, 4.69) is 5.32 Å². The van der Waals surface area contributed by atoms with E-state index in [4.69, 9.17) is 32.7 Å². The lowest BCUT2D eigenvalue weighted by Gasteiger charge is -2.25. The first-order valence-electron chi connectivity index (χ1n) is 6.73. The highest BCUT2D eigenvalue weighted by atomic mass is 35.5. The van der Waals surface area contributed by atoms with E-state index in [1.807, 2.05) is 12.1 Å². The predicted molar refractivity (Wildman–Crippen MR) is 84.7 cm³/mol. The number of hydrogen-bond acceptors (Lipinski definition) is 3. The quantitative estimate of drug-likeness (QED) is 0.933. The maximum absolute atomic E-state index is 12.2. The number of benzene rings is 2. The summed E-state index contributed by atoms with van der Waals surface area (Å²) in [7, 11) is 0. The van der Waals surface area contributed by atoms with Crippen LogP contribution in [0.4, 0.5) is 0 Å². The van der Waals surface area contributed by atoms with E-state index in [0.29, 0.717) is 28.1 Å². The van der Waals surface area contributed by atoms with Crippen LogP contribution in [0.1, 0.15) is 5.56 Å². The second-order valence-corrected chi connectivity index (χ2v) is 5.66. The van der Waals surface area contributed by atoms with Crippen molar-refractivity contribution in [2.24, 2.45) is 0 Å². The molecule has 6 heteroatoms. The fraction of sp³-hybridized carbons (Fsp3) is 0.188. The van der Waals surface area contributed by atoms with Crippen LogP contribution in [0.15, 0.2) is 42.5 Å². The third kappa shape index (κ3) is 3.29. The molecule has 3 rings (SSSR count). The third-order valence-corrected chi connectivity index (χ3v) is 3.86. The normalized spacial score (nSPS) is 16.2. The molecular weight excluding hydrogens is 325 g/mol. The molecule has 0 spiro atoms. The molecular formula is C16H13Cl2NO3. The number of nitrogens with one attached hydrogen (secondary N) is 1. The summed E-state index contributed by atoms with van der Waals surface area (Å²) in [5.74, 6) is 0.964. The Bertz CT molecular complexity index is 706. The number of amides is 1. The number of halogens is 2. The van der Waals surface area contributed by atoms with Crippen LogP contribution in [0, 0.1) is 0 Å². The highest BCUT2D eigenvalue weighted by molar-refractivity contribution is 6.35. The molecule has 2 aromatic rings. The number of para-hydroxylation sites is 2. The van der Waals surface area contributed by atoms with Crippen LogP contribution in [0.2, 0.25) is 10.0 Å². The predicted octanol–water partition coefficient (Wildman–Crippen LogP) is 3.45. The van der Waals surface area contributed by atoms with Gasteiger partial charge in [-0.15, -0.1) is 0 Å². The van der Waals surface area contributed by atoms with Crippen LogP contribution in [0.3, 0.4) is 0 Å². The fourth-order valence-corrected chi connectivity index (χ4v) is 2.59. The monoisotopic (exact) mass is 337 g/mol. The summed E-state index contributed by atoms with van der Waals surface area (Å²) in [5, 5.41) is 3.86. The number of carbonyl (C=O) groups is 1. The van der Waals surface area contributed by atoms with E-state index >= 15 is 0 Å². The topological polar surface area (TPSA) is 47.6 Å². The van der Waals surface area contributed by atoms with Crippen molar-refractivity contribution in [2.75, 3.05) is 6.61 Å². The Balaban J connectivity index is 1.61. The lowest BCUT2D eigenvalue weighted by molar-refractivity contribution is -0.130. The molecule has 0 saturated heterocycles. The second kappa shape index (κ2) is 6.46. The van der Waals surface area contributed by atoms with Crippen LogP contribution >= 0.6 is 23.2 Å². The molecule has 1 amide bonds. The zero-order chi connectivity index (χ0) is 15.5. The Labute approximate surface area is 137 Å². The van der Waals surface area contributed by atoms with E-state index in [0.717, 1.165) is 5.56 Å². The van der Waals surface area contributed by atoms with Gasteiger partial charge in [0.05, 0.1) is 0 Å². The smallest absolute Gasteiger partial charge is 0.264 e. The van der Waals surface area contributed by atoms with Gasteiger partial charge in [0.25, 0.3) is 5.91 Å². The minimum Gasteiger partial charge on any atom is -0.485 e. The van der Waals surface area contributed by atoms with Crippen molar-refractivity contribution < 1.29 is 14.3 Å². The number of rotatable bonds is 3. The van der Waals surface area contributed by atoms with E-state index < -0.39 is 6.10 Å². The first kappa shape index (κ1) is 15.0. The molecule has 1 atom stereocenters. The number of fused-ring (bicyclic) bond motifs is 1. The standard InChI is InChI=1S/C16H13Cl2NO3/c17-11-6-5-10(12(18)7-11)8-19-16(20)15-9-21-13-3-1-2-4-14(13)22-15/h1-7,15H,8-9H2,(H,19,20). The highest BCUT2D eigenvalue weighted by Gasteiger charge is 2.27. The maximum Gasteiger partial charge on any atom is 0.264 e. The minimum absolute atomic E-state index is 0.178. The largest absolute Gasteiger partial charge is 0.485 e. The van der Waals surface area contributed by atoms with Crippen molar-refractivity contribution in [1.82, 2.24) is 5.32 Å². The fourth-order valence-electron chi connectivity index (χ4n) is 2.11. The highest BCUT2D eigenvalue weighted by Crippen LogP contribution is 2.30. The average molecular weight is 338 g/mol. The van der Waals surface area contributed by atoms with Gasteiger partial charge in [0.15, 0.2) is 11.5 Å². The summed E-state index contributed by atoms with van der Waals surface area (Å²) in [6, 6.07) is 12.4. The molecule has 2 aromatic carbocycles. The summed E-state index contributed by atoms with van der Waals surface area (Å²) >= 11 is 11.9. The molecule has 114 valence electrons. The molecule has 4 nitrogen and oxygen atoms in total. The average Bonchev–Trinajstić information content (AvgIpc) is 2.53. The summed E-state index contributed by atoms with van der Waals surface area (Å²) in [6.07, 6.45) is -0.680. The van der Waals surface area contributed by atoms with E-state index in [1.54, 1.807) is 30.3 Å². The third-order valence-electron chi connectivity index (χ3n) is 3.27. The zero-order valence-corrected chi connectivity index (χ0v) is 13.0. The first-order chi connectivity index (χ1) is 10.6. The maximum atomic E-state index is 12.2. The molecule has 0 saturated carbocycles. The van der Waals surface area contributed by atoms with Gasteiger partial charge in [0.2, 0.25) is 6.10 Å². The van der Waals surface area contributed by atoms with Crippen LogP contribution < -0.4 is 14.8 Å². The Morgan fingerprint density at radius 1 is 1.18 bits per heavy atom. The number of ether oxygens (including phenoxy) is 2. The van der Waals surface area contributed by atoms with Crippen LogP contribution in [0.5, 0.6) is 11.5 Å². The summed E-state index contributed by atoms with van der Waals surface area (Å²) in [4.78, 5) is 12.2. The summed E-state index contributed by atoms with van der Waals surface area (Å²) in [5.41, 5.74) is 0.788. The lowest BCUT2D eigenvalue weighted by atomic mass is 10.2. The number of hydrogen-bond donors (Lipinski definition) is 1. The Morgan fingerprint density at radius 3 is 2.73 bits per heavy atom. The van der Waals surface area contributed by atoms with E-state index in [1.165, 1.54) is 0 Å². The molecule has 1 heterocycles. The molecule has 1 aliphatic heterocycles. The van der Waals surface area contributed by atoms with E-state index in [9.17, 15) is 4.79 Å². The molecule has 1 unspecified atom stereocenters. The molecule has 1 N–H and O–H groups in total. The molecule has 0 aromatic heterocycles. The minimum atomic E-state index is -0.680. The molecule has 0 aliphatic carbocycles. The second-order valence-electron chi connectivity index (χ2n) is 4.82. The molecule has 1 aliphatic rings. The van der Waals surface area contributed by atoms with Gasteiger partial charge in [0, 0.05) is 16.6 Å². The van der Waals surface area contributed by atoms with Gasteiger partial charge >= 0.3 is 0 Å². The van der Waals surface area contributed by atoms with Crippen molar-refractivity contribution >= 4 is 29.1 Å². The van der Waals surface area contributed by atoms with Crippen molar-refractivity contribution in [3.05, 3.63) is 58.1 Å². The van der Waals surface area contributed by atoms with Crippen LogP contribution in [-0.4, -0.2) is 18.6 Å². The van der Waals surface area contributed by atoms with Gasteiger partial charge < -0.3 is 14.8 Å². The van der Waals surface area contributed by atoms with Crippen molar-refractivity contribution in [3.8, 4) is 11.5 Å². The molecule has 0 bridgehead atoms. The molecule has 0 fully saturated rings. The Hall–Kier alpha value is -1.91. The SMILES string of the molecule is O=C(NCc1ccc(Cl)cc1Cl)C1COc2ccccc2O1. The van der Waals surface area contributed by atoms with Gasteiger partial charge in [-0.1, -0.05) is 41.4 Å².